The molecule has 2 N–H and O–H groups in total. The van der Waals surface area contributed by atoms with Crippen LogP contribution in [0.25, 0.3) is 0 Å². The second-order valence-electron chi connectivity index (χ2n) is 5.81. The van der Waals surface area contributed by atoms with Crippen molar-refractivity contribution < 1.29 is 24.3 Å². The second-order valence-corrected chi connectivity index (χ2v) is 5.81. The Labute approximate surface area is 134 Å². The molecule has 124 valence electrons. The van der Waals surface area contributed by atoms with Gasteiger partial charge in [-0.15, -0.1) is 0 Å². The number of nitrogens with one attached hydrogen (secondary N) is 1. The van der Waals surface area contributed by atoms with Gasteiger partial charge in [-0.05, 0) is 25.5 Å². The summed E-state index contributed by atoms with van der Waals surface area (Å²) < 4.78 is 11.0. The van der Waals surface area contributed by atoms with E-state index in [1.807, 2.05) is 11.8 Å². The molecule has 0 aliphatic carbocycles. The van der Waals surface area contributed by atoms with Crippen molar-refractivity contribution in [1.29, 1.82) is 0 Å². The van der Waals surface area contributed by atoms with E-state index < -0.39 is 5.91 Å². The van der Waals surface area contributed by atoms with Gasteiger partial charge in [0.2, 0.25) is 5.91 Å². The Morgan fingerprint density at radius 2 is 2.17 bits per heavy atom. The van der Waals surface area contributed by atoms with Crippen molar-refractivity contribution in [3.63, 3.8) is 0 Å². The van der Waals surface area contributed by atoms with Crippen molar-refractivity contribution in [2.24, 2.45) is 5.92 Å². The number of carbonyl (C=O) groups is 2. The fraction of sp³-hybridized carbons (Fsp3) is 0.500. The van der Waals surface area contributed by atoms with Gasteiger partial charge in [-0.2, -0.15) is 0 Å². The number of benzene rings is 1. The lowest BCUT2D eigenvalue weighted by atomic mass is 10.0. The highest BCUT2D eigenvalue weighted by atomic mass is 16.5. The van der Waals surface area contributed by atoms with Gasteiger partial charge in [0.05, 0.1) is 25.1 Å². The average molecular weight is 320 g/mol. The first-order valence-corrected chi connectivity index (χ1v) is 7.71. The number of nitrogens with zero attached hydrogens (tertiary/aromatic N) is 1. The van der Waals surface area contributed by atoms with Gasteiger partial charge in [-0.25, -0.2) is 5.48 Å². The minimum atomic E-state index is -0.593. The molecule has 23 heavy (non-hydrogen) atoms. The molecule has 1 fully saturated rings. The molecule has 0 aromatic heterocycles. The maximum atomic E-state index is 12.7. The zero-order valence-corrected chi connectivity index (χ0v) is 12.9. The summed E-state index contributed by atoms with van der Waals surface area (Å²) in [6.45, 7) is 3.91. The molecule has 0 radical (unpaired) electrons. The van der Waals surface area contributed by atoms with E-state index in [-0.39, 0.29) is 17.9 Å². The minimum absolute atomic E-state index is 0.0848. The molecule has 0 saturated carbocycles. The molecule has 2 atom stereocenters. The first-order valence-electron chi connectivity index (χ1n) is 7.71. The van der Waals surface area contributed by atoms with Crippen LogP contribution in [0.1, 0.15) is 35.3 Å². The van der Waals surface area contributed by atoms with Crippen molar-refractivity contribution in [1.82, 2.24) is 10.4 Å². The Morgan fingerprint density at radius 3 is 2.87 bits per heavy atom. The first-order chi connectivity index (χ1) is 11.1. The molecule has 2 aliphatic rings. The zero-order chi connectivity index (χ0) is 16.4. The van der Waals surface area contributed by atoms with Crippen LogP contribution >= 0.6 is 0 Å². The Balaban J connectivity index is 1.86. The predicted molar refractivity (Wildman–Crippen MR) is 80.2 cm³/mol. The van der Waals surface area contributed by atoms with E-state index in [0.29, 0.717) is 37.7 Å². The Morgan fingerprint density at radius 1 is 1.35 bits per heavy atom. The van der Waals surface area contributed by atoms with Gasteiger partial charge < -0.3 is 14.4 Å². The quantitative estimate of drug-likeness (QED) is 0.630. The number of hydroxylamine groups is 1. The molecule has 7 heteroatoms. The molecule has 1 aromatic rings. The zero-order valence-electron chi connectivity index (χ0n) is 12.9. The third-order valence-corrected chi connectivity index (χ3v) is 4.45. The van der Waals surface area contributed by atoms with Crippen LogP contribution in [0.2, 0.25) is 0 Å². The van der Waals surface area contributed by atoms with Gasteiger partial charge in [0.1, 0.15) is 12.4 Å². The van der Waals surface area contributed by atoms with E-state index in [2.05, 4.69) is 0 Å². The third-order valence-electron chi connectivity index (χ3n) is 4.45. The molecule has 7 nitrogen and oxygen atoms in total. The van der Waals surface area contributed by atoms with Crippen LogP contribution in [0.3, 0.4) is 0 Å². The molecule has 2 heterocycles. The lowest BCUT2D eigenvalue weighted by Gasteiger charge is -2.29. The lowest BCUT2D eigenvalue weighted by Crippen LogP contribution is -2.39. The van der Waals surface area contributed by atoms with E-state index in [1.165, 1.54) is 0 Å². The maximum absolute atomic E-state index is 12.7. The summed E-state index contributed by atoms with van der Waals surface area (Å²) in [7, 11) is 0. The highest BCUT2D eigenvalue weighted by Gasteiger charge is 2.33. The fourth-order valence-electron chi connectivity index (χ4n) is 3.09. The topological polar surface area (TPSA) is 88.1 Å². The summed E-state index contributed by atoms with van der Waals surface area (Å²) >= 11 is 0. The van der Waals surface area contributed by atoms with E-state index in [1.54, 1.807) is 23.7 Å². The monoisotopic (exact) mass is 320 g/mol. The standard InChI is InChI=1S/C16H20N2O5/c1-10-13-3-2-11(15(19)17-21)8-14(13)23-7-5-18(10)16(20)12-4-6-22-9-12/h2-3,8,10,12,21H,4-7,9H2,1H3,(H,17,19). The summed E-state index contributed by atoms with van der Waals surface area (Å²) in [6, 6.07) is 4.81. The van der Waals surface area contributed by atoms with Gasteiger partial charge in [0.15, 0.2) is 0 Å². The van der Waals surface area contributed by atoms with Crippen LogP contribution in [0.4, 0.5) is 0 Å². The summed E-state index contributed by atoms with van der Waals surface area (Å²) in [5.74, 6) is -0.0250. The molecule has 2 amide bonds. The number of hydrogen-bond acceptors (Lipinski definition) is 5. The van der Waals surface area contributed by atoms with E-state index in [4.69, 9.17) is 14.7 Å². The highest BCUT2D eigenvalue weighted by molar-refractivity contribution is 5.94. The first kappa shape index (κ1) is 15.8. The summed E-state index contributed by atoms with van der Waals surface area (Å²) in [6.07, 6.45) is 0.755. The fourth-order valence-corrected chi connectivity index (χ4v) is 3.09. The van der Waals surface area contributed by atoms with Crippen molar-refractivity contribution in [3.05, 3.63) is 29.3 Å². The molecular weight excluding hydrogens is 300 g/mol. The van der Waals surface area contributed by atoms with E-state index in [9.17, 15) is 9.59 Å². The Kier molecular flexibility index (Phi) is 4.49. The number of amides is 2. The predicted octanol–water partition coefficient (Wildman–Crippen LogP) is 1.12. The minimum Gasteiger partial charge on any atom is -0.491 e. The average Bonchev–Trinajstić information content (AvgIpc) is 3.06. The second kappa shape index (κ2) is 6.55. The molecule has 0 spiro atoms. The van der Waals surface area contributed by atoms with Crippen molar-refractivity contribution in [3.8, 4) is 5.75 Å². The SMILES string of the molecule is CC1c2ccc(C(=O)NO)cc2OCCN1C(=O)C1CCOC1. The van der Waals surface area contributed by atoms with Gasteiger partial charge in [0, 0.05) is 17.7 Å². The van der Waals surface area contributed by atoms with Gasteiger partial charge in [0.25, 0.3) is 5.91 Å². The number of carbonyl (C=O) groups excluding carboxylic acids is 2. The van der Waals surface area contributed by atoms with Gasteiger partial charge in [-0.1, -0.05) is 6.07 Å². The smallest absolute Gasteiger partial charge is 0.274 e. The number of rotatable bonds is 2. The largest absolute Gasteiger partial charge is 0.491 e. The molecule has 0 bridgehead atoms. The lowest BCUT2D eigenvalue weighted by molar-refractivity contribution is -0.137. The third kappa shape index (κ3) is 3.02. The normalized spacial score (nSPS) is 23.7. The van der Waals surface area contributed by atoms with Crippen molar-refractivity contribution in [2.75, 3.05) is 26.4 Å². The molecule has 2 aliphatic heterocycles. The van der Waals surface area contributed by atoms with Crippen LogP contribution < -0.4 is 10.2 Å². The van der Waals surface area contributed by atoms with E-state index >= 15 is 0 Å². The summed E-state index contributed by atoms with van der Waals surface area (Å²) in [4.78, 5) is 26.0. The van der Waals surface area contributed by atoms with Crippen LogP contribution in [-0.4, -0.2) is 48.3 Å². The van der Waals surface area contributed by atoms with E-state index in [0.717, 1.165) is 12.0 Å². The van der Waals surface area contributed by atoms with Crippen LogP contribution in [0.5, 0.6) is 5.75 Å². The molecular formula is C16H20N2O5. The summed E-state index contributed by atoms with van der Waals surface area (Å²) in [5.41, 5.74) is 2.77. The van der Waals surface area contributed by atoms with Gasteiger partial charge in [-0.3, -0.25) is 14.8 Å². The molecule has 3 rings (SSSR count). The summed E-state index contributed by atoms with van der Waals surface area (Å²) in [5, 5.41) is 8.73. The van der Waals surface area contributed by atoms with Crippen LogP contribution in [0.15, 0.2) is 18.2 Å². The Bertz CT molecular complexity index is 612. The number of ether oxygens (including phenoxy) is 2. The number of fused-ring (bicyclic) bond motifs is 1. The van der Waals surface area contributed by atoms with Crippen LogP contribution in [-0.2, 0) is 9.53 Å². The van der Waals surface area contributed by atoms with Crippen molar-refractivity contribution in [2.45, 2.75) is 19.4 Å². The van der Waals surface area contributed by atoms with Gasteiger partial charge >= 0.3 is 0 Å². The van der Waals surface area contributed by atoms with Crippen LogP contribution in [0, 0.1) is 5.92 Å². The maximum Gasteiger partial charge on any atom is 0.274 e. The molecule has 1 saturated heterocycles. The highest BCUT2D eigenvalue weighted by Crippen LogP contribution is 2.34. The van der Waals surface area contributed by atoms with Crippen molar-refractivity contribution >= 4 is 11.8 Å². The Hall–Kier alpha value is -2.12. The molecule has 1 aromatic carbocycles. The number of hydrogen-bond donors (Lipinski definition) is 2. The molecule has 2 unspecified atom stereocenters.